The number of methoxy groups -OCH3 is 1. The predicted octanol–water partition coefficient (Wildman–Crippen LogP) is 1.85. The molecule has 0 aliphatic heterocycles. The molecule has 8 nitrogen and oxygen atoms in total. The van der Waals surface area contributed by atoms with Gasteiger partial charge in [-0.2, -0.15) is 10.4 Å². The molecule has 9 heteroatoms. The van der Waals surface area contributed by atoms with Crippen molar-refractivity contribution in [1.29, 1.82) is 5.26 Å². The van der Waals surface area contributed by atoms with Crippen molar-refractivity contribution < 1.29 is 4.74 Å². The molecule has 128 valence electrons. The van der Waals surface area contributed by atoms with E-state index in [-0.39, 0.29) is 29.8 Å². The molecule has 0 bridgehead atoms. The number of anilines is 2. The number of H-pyrrole nitrogens is 1. The number of guanidine groups is 1. The molecule has 1 heterocycles. The lowest BCUT2D eigenvalue weighted by molar-refractivity contribution is 0.415. The fourth-order valence-electron chi connectivity index (χ4n) is 2.02. The number of ether oxygens (including phenoxy) is 1. The number of nitrogens with two attached hydrogens (primary N) is 2. The number of aromatic nitrogens is 2. The first-order valence-corrected chi connectivity index (χ1v) is 7.08. The Morgan fingerprint density at radius 1 is 1.42 bits per heavy atom. The first kappa shape index (κ1) is 19.6. The van der Waals surface area contributed by atoms with Crippen LogP contribution in [0.3, 0.4) is 0 Å². The highest BCUT2D eigenvalue weighted by molar-refractivity contribution is 14.0. The standard InChI is InChI=1S/C15H19N7O.HI/c1-23-11-6-4-10(5-7-11)20-15(18)19-8-2-3-13-12(9-16)14(17)22-21-13;/h4-7H,2-3,8H2,1H3,(H3,17,21,22)(H3,18,19,20);1H. The van der Waals surface area contributed by atoms with Crippen molar-refractivity contribution in [1.82, 2.24) is 10.2 Å². The molecule has 6 N–H and O–H groups in total. The molecule has 1 aromatic heterocycles. The van der Waals surface area contributed by atoms with Gasteiger partial charge in [-0.25, -0.2) is 0 Å². The molecule has 1 aromatic carbocycles. The van der Waals surface area contributed by atoms with Crippen LogP contribution in [-0.2, 0) is 6.42 Å². The summed E-state index contributed by atoms with van der Waals surface area (Å²) >= 11 is 0. The van der Waals surface area contributed by atoms with Crippen molar-refractivity contribution in [2.75, 3.05) is 24.7 Å². The van der Waals surface area contributed by atoms with Crippen LogP contribution in [0.15, 0.2) is 29.3 Å². The Balaban J connectivity index is 0.00000288. The van der Waals surface area contributed by atoms with E-state index in [1.165, 1.54) is 0 Å². The average Bonchev–Trinajstić information content (AvgIpc) is 2.92. The lowest BCUT2D eigenvalue weighted by Gasteiger charge is -2.06. The molecule has 24 heavy (non-hydrogen) atoms. The van der Waals surface area contributed by atoms with Crippen molar-refractivity contribution in [2.45, 2.75) is 12.8 Å². The monoisotopic (exact) mass is 441 g/mol. The minimum absolute atomic E-state index is 0. The Bertz CT molecular complexity index is 718. The Hall–Kier alpha value is -2.48. The van der Waals surface area contributed by atoms with E-state index in [4.69, 9.17) is 21.5 Å². The number of nitriles is 1. The SMILES string of the molecule is COc1ccc(NC(N)=NCCCc2[nH]nc(N)c2C#N)cc1.I. The van der Waals surface area contributed by atoms with Crippen LogP contribution in [0.5, 0.6) is 5.75 Å². The second-order valence-corrected chi connectivity index (χ2v) is 4.80. The molecular weight excluding hydrogens is 421 g/mol. The van der Waals surface area contributed by atoms with E-state index in [1.807, 2.05) is 30.3 Å². The minimum Gasteiger partial charge on any atom is -0.497 e. The summed E-state index contributed by atoms with van der Waals surface area (Å²) in [7, 11) is 1.61. The predicted molar refractivity (Wildman–Crippen MR) is 105 cm³/mol. The topological polar surface area (TPSA) is 138 Å². The van der Waals surface area contributed by atoms with Crippen LogP contribution in [0.1, 0.15) is 17.7 Å². The summed E-state index contributed by atoms with van der Waals surface area (Å²) in [5, 5.41) is 18.6. The van der Waals surface area contributed by atoms with E-state index >= 15 is 0 Å². The van der Waals surface area contributed by atoms with Gasteiger partial charge in [0, 0.05) is 12.2 Å². The van der Waals surface area contributed by atoms with Gasteiger partial charge in [0.2, 0.25) is 0 Å². The summed E-state index contributed by atoms with van der Waals surface area (Å²) in [4.78, 5) is 4.24. The van der Waals surface area contributed by atoms with Gasteiger partial charge in [0.15, 0.2) is 11.8 Å². The van der Waals surface area contributed by atoms with Crippen molar-refractivity contribution in [2.24, 2.45) is 10.7 Å². The van der Waals surface area contributed by atoms with Gasteiger partial charge in [-0.1, -0.05) is 0 Å². The third-order valence-corrected chi connectivity index (χ3v) is 3.21. The van der Waals surface area contributed by atoms with Crippen molar-refractivity contribution in [3.63, 3.8) is 0 Å². The average molecular weight is 441 g/mol. The lowest BCUT2D eigenvalue weighted by Crippen LogP contribution is -2.22. The van der Waals surface area contributed by atoms with Crippen molar-refractivity contribution >= 4 is 41.4 Å². The molecule has 0 radical (unpaired) electrons. The first-order chi connectivity index (χ1) is 11.1. The fourth-order valence-corrected chi connectivity index (χ4v) is 2.02. The lowest BCUT2D eigenvalue weighted by atomic mass is 10.1. The molecule has 0 atom stereocenters. The maximum absolute atomic E-state index is 8.98. The Labute approximate surface area is 157 Å². The molecule has 2 rings (SSSR count). The number of halogens is 1. The molecule has 0 fully saturated rings. The van der Waals surface area contributed by atoms with Gasteiger partial charge < -0.3 is 21.5 Å². The molecule has 0 aliphatic carbocycles. The third-order valence-electron chi connectivity index (χ3n) is 3.21. The number of nitrogens with one attached hydrogen (secondary N) is 2. The van der Waals surface area contributed by atoms with Gasteiger partial charge in [-0.3, -0.25) is 10.1 Å². The maximum Gasteiger partial charge on any atom is 0.193 e. The number of aryl methyl sites for hydroxylation is 1. The molecule has 2 aromatic rings. The Kier molecular flexibility index (Phi) is 7.84. The third kappa shape index (κ3) is 5.31. The second kappa shape index (κ2) is 9.61. The van der Waals surface area contributed by atoms with Gasteiger partial charge in [0.25, 0.3) is 0 Å². The van der Waals surface area contributed by atoms with E-state index < -0.39 is 0 Å². The first-order valence-electron chi connectivity index (χ1n) is 7.08. The zero-order valence-electron chi connectivity index (χ0n) is 13.2. The highest BCUT2D eigenvalue weighted by atomic mass is 127. The number of hydrogen-bond acceptors (Lipinski definition) is 5. The number of nitrogen functional groups attached to an aromatic ring is 1. The molecule has 0 aliphatic rings. The van der Waals surface area contributed by atoms with E-state index in [0.717, 1.165) is 23.6 Å². The number of hydrogen-bond donors (Lipinski definition) is 4. The van der Waals surface area contributed by atoms with Crippen molar-refractivity contribution in [3.05, 3.63) is 35.5 Å². The zero-order valence-corrected chi connectivity index (χ0v) is 15.6. The summed E-state index contributed by atoms with van der Waals surface area (Å²) in [6.07, 6.45) is 1.35. The Morgan fingerprint density at radius 3 is 2.75 bits per heavy atom. The van der Waals surface area contributed by atoms with Gasteiger partial charge in [0.1, 0.15) is 17.4 Å². The Morgan fingerprint density at radius 2 is 2.12 bits per heavy atom. The van der Waals surface area contributed by atoms with Crippen LogP contribution >= 0.6 is 24.0 Å². The van der Waals surface area contributed by atoms with Gasteiger partial charge in [0.05, 0.1) is 12.8 Å². The fraction of sp³-hybridized carbons (Fsp3) is 0.267. The van der Waals surface area contributed by atoms with Crippen molar-refractivity contribution in [3.8, 4) is 11.8 Å². The summed E-state index contributed by atoms with van der Waals surface area (Å²) in [5.74, 6) is 1.34. The number of nitrogens with zero attached hydrogens (tertiary/aromatic N) is 3. The van der Waals surface area contributed by atoms with E-state index in [2.05, 4.69) is 20.5 Å². The van der Waals surface area contributed by atoms with E-state index in [0.29, 0.717) is 24.5 Å². The molecule has 0 saturated carbocycles. The summed E-state index contributed by atoms with van der Waals surface area (Å²) in [6, 6.07) is 9.41. The van der Waals surface area contributed by atoms with Crippen LogP contribution in [0.2, 0.25) is 0 Å². The van der Waals surface area contributed by atoms with E-state index in [9.17, 15) is 0 Å². The highest BCUT2D eigenvalue weighted by Gasteiger charge is 2.09. The maximum atomic E-state index is 8.98. The molecule has 0 amide bonds. The van der Waals surface area contributed by atoms with Crippen LogP contribution in [-0.4, -0.2) is 29.8 Å². The zero-order chi connectivity index (χ0) is 16.7. The quantitative estimate of drug-likeness (QED) is 0.234. The normalized spacial score (nSPS) is 10.6. The van der Waals surface area contributed by atoms with Crippen LogP contribution in [0.25, 0.3) is 0 Å². The molecule has 0 saturated heterocycles. The van der Waals surface area contributed by atoms with Crippen LogP contribution in [0.4, 0.5) is 11.5 Å². The number of rotatable bonds is 6. The van der Waals surface area contributed by atoms with E-state index in [1.54, 1.807) is 7.11 Å². The van der Waals surface area contributed by atoms with Gasteiger partial charge in [-0.05, 0) is 37.1 Å². The highest BCUT2D eigenvalue weighted by Crippen LogP contribution is 2.15. The summed E-state index contributed by atoms with van der Waals surface area (Å²) in [6.45, 7) is 0.527. The molecular formula is C15H20IN7O. The molecule has 0 spiro atoms. The van der Waals surface area contributed by atoms with Gasteiger partial charge >= 0.3 is 0 Å². The number of aliphatic imine (C=N–C) groups is 1. The van der Waals surface area contributed by atoms with Crippen LogP contribution in [0, 0.1) is 11.3 Å². The smallest absolute Gasteiger partial charge is 0.193 e. The largest absolute Gasteiger partial charge is 0.497 e. The minimum atomic E-state index is 0. The van der Waals surface area contributed by atoms with Crippen LogP contribution < -0.4 is 21.5 Å². The number of aromatic amines is 1. The number of benzene rings is 1. The second-order valence-electron chi connectivity index (χ2n) is 4.80. The summed E-state index contributed by atoms with van der Waals surface area (Å²) in [5.41, 5.74) is 13.4. The molecule has 0 unspecified atom stereocenters. The van der Waals surface area contributed by atoms with Gasteiger partial charge in [-0.15, -0.1) is 24.0 Å². The summed E-state index contributed by atoms with van der Waals surface area (Å²) < 4.78 is 5.09.